The number of nitrogens with two attached hydrogens (primary N) is 1. The molecule has 0 aromatic rings. The van der Waals surface area contributed by atoms with Crippen LogP contribution in [0.15, 0.2) is 0 Å². The van der Waals surface area contributed by atoms with Crippen molar-refractivity contribution >= 4 is 30.7 Å². The van der Waals surface area contributed by atoms with Crippen LogP contribution >= 0.6 is 24.8 Å². The molecule has 1 amide bonds. The van der Waals surface area contributed by atoms with Crippen LogP contribution in [0.5, 0.6) is 0 Å². The Hall–Kier alpha value is -0.110. The summed E-state index contributed by atoms with van der Waals surface area (Å²) in [6.45, 7) is 4.38. The van der Waals surface area contributed by atoms with Crippen molar-refractivity contribution in [2.75, 3.05) is 46.8 Å². The number of ether oxygens (including phenoxy) is 1. The molecule has 2 atom stereocenters. The summed E-state index contributed by atoms with van der Waals surface area (Å²) in [7, 11) is 4.30. The molecule has 0 bridgehead atoms. The van der Waals surface area contributed by atoms with Crippen molar-refractivity contribution in [2.24, 2.45) is 5.73 Å². The van der Waals surface area contributed by atoms with E-state index in [0.717, 1.165) is 32.5 Å². The monoisotopic (exact) mass is 370 g/mol. The number of hydrogen-bond acceptors (Lipinski definition) is 5. The third-order valence-electron chi connectivity index (χ3n) is 4.68. The van der Waals surface area contributed by atoms with Crippen molar-refractivity contribution < 1.29 is 9.53 Å². The molecule has 2 aliphatic rings. The molecule has 6 nitrogen and oxygen atoms in total. The van der Waals surface area contributed by atoms with E-state index in [1.165, 1.54) is 12.8 Å². The zero-order chi connectivity index (χ0) is 15.2. The molecule has 0 spiro atoms. The van der Waals surface area contributed by atoms with Crippen LogP contribution in [0.4, 0.5) is 0 Å². The van der Waals surface area contributed by atoms with E-state index in [1.54, 1.807) is 0 Å². The van der Waals surface area contributed by atoms with Gasteiger partial charge in [0.2, 0.25) is 5.91 Å². The minimum atomic E-state index is -0.293. The quantitative estimate of drug-likeness (QED) is 0.711. The van der Waals surface area contributed by atoms with Gasteiger partial charge in [-0.05, 0) is 52.9 Å². The highest BCUT2D eigenvalue weighted by atomic mass is 35.5. The Labute approximate surface area is 152 Å². The molecule has 8 heteroatoms. The Morgan fingerprint density at radius 1 is 1.22 bits per heavy atom. The van der Waals surface area contributed by atoms with Gasteiger partial charge in [0.05, 0.1) is 6.10 Å². The van der Waals surface area contributed by atoms with E-state index >= 15 is 0 Å². The third kappa shape index (κ3) is 7.11. The Balaban J connectivity index is 0.00000242. The lowest BCUT2D eigenvalue weighted by molar-refractivity contribution is -0.131. The summed E-state index contributed by atoms with van der Waals surface area (Å²) in [6.07, 6.45) is 3.88. The van der Waals surface area contributed by atoms with Gasteiger partial charge in [0, 0.05) is 25.7 Å². The summed E-state index contributed by atoms with van der Waals surface area (Å²) in [6, 6.07) is 0.705. The third-order valence-corrected chi connectivity index (χ3v) is 4.68. The van der Waals surface area contributed by atoms with Gasteiger partial charge < -0.3 is 25.6 Å². The molecule has 23 heavy (non-hydrogen) atoms. The molecule has 2 aliphatic heterocycles. The lowest BCUT2D eigenvalue weighted by atomic mass is 10.0. The van der Waals surface area contributed by atoms with Gasteiger partial charge in [0.25, 0.3) is 0 Å². The number of nitrogens with one attached hydrogen (secondary N) is 1. The first kappa shape index (κ1) is 22.9. The van der Waals surface area contributed by atoms with Gasteiger partial charge in [-0.2, -0.15) is 0 Å². The van der Waals surface area contributed by atoms with Crippen molar-refractivity contribution in [3.8, 4) is 0 Å². The van der Waals surface area contributed by atoms with Crippen molar-refractivity contribution in [3.05, 3.63) is 0 Å². The smallest absolute Gasteiger partial charge is 0.249 e. The summed E-state index contributed by atoms with van der Waals surface area (Å²) in [4.78, 5) is 16.7. The van der Waals surface area contributed by atoms with Crippen LogP contribution in [0.3, 0.4) is 0 Å². The van der Waals surface area contributed by atoms with Crippen molar-refractivity contribution in [2.45, 2.75) is 43.9 Å². The molecule has 2 heterocycles. The first-order chi connectivity index (χ1) is 10.1. The normalized spacial score (nSPS) is 25.7. The minimum absolute atomic E-state index is 0. The molecule has 0 unspecified atom stereocenters. The lowest BCUT2D eigenvalue weighted by Crippen LogP contribution is -2.45. The number of nitrogens with zero attached hydrogens (tertiary/aromatic N) is 2. The molecule has 2 saturated heterocycles. The van der Waals surface area contributed by atoms with Crippen LogP contribution < -0.4 is 11.1 Å². The minimum Gasteiger partial charge on any atom is -0.364 e. The lowest BCUT2D eigenvalue weighted by Gasteiger charge is -2.35. The zero-order valence-corrected chi connectivity index (χ0v) is 15.8. The maximum atomic E-state index is 12.0. The highest BCUT2D eigenvalue weighted by Gasteiger charge is 2.29. The van der Waals surface area contributed by atoms with Crippen molar-refractivity contribution in [1.29, 1.82) is 0 Å². The molecular weight excluding hydrogens is 339 g/mol. The molecule has 0 saturated carbocycles. The second kappa shape index (κ2) is 11.4. The van der Waals surface area contributed by atoms with Crippen LogP contribution in [-0.4, -0.2) is 80.8 Å². The Bertz CT molecular complexity index is 339. The highest BCUT2D eigenvalue weighted by molar-refractivity contribution is 5.85. The van der Waals surface area contributed by atoms with Crippen LogP contribution in [0.25, 0.3) is 0 Å². The van der Waals surface area contributed by atoms with Crippen LogP contribution in [0.1, 0.15) is 25.7 Å². The second-order valence-electron chi connectivity index (χ2n) is 6.39. The summed E-state index contributed by atoms with van der Waals surface area (Å²) in [5.41, 5.74) is 5.56. The van der Waals surface area contributed by atoms with E-state index in [1.807, 2.05) is 0 Å². The summed E-state index contributed by atoms with van der Waals surface area (Å²) in [5.74, 6) is 0.0223. The van der Waals surface area contributed by atoms with Gasteiger partial charge in [-0.15, -0.1) is 24.8 Å². The van der Waals surface area contributed by atoms with Gasteiger partial charge in [-0.3, -0.25) is 4.79 Å². The molecule has 0 radical (unpaired) electrons. The maximum absolute atomic E-state index is 12.0. The van der Waals surface area contributed by atoms with Crippen LogP contribution in [0.2, 0.25) is 0 Å². The fourth-order valence-electron chi connectivity index (χ4n) is 3.18. The summed E-state index contributed by atoms with van der Waals surface area (Å²) >= 11 is 0. The number of rotatable bonds is 6. The molecule has 0 aliphatic carbocycles. The summed E-state index contributed by atoms with van der Waals surface area (Å²) < 4.78 is 5.60. The van der Waals surface area contributed by atoms with Gasteiger partial charge >= 0.3 is 0 Å². The molecule has 138 valence electrons. The number of halogens is 2. The Morgan fingerprint density at radius 3 is 2.39 bits per heavy atom. The van der Waals surface area contributed by atoms with E-state index in [9.17, 15) is 4.79 Å². The molecule has 3 N–H and O–H groups in total. The topological polar surface area (TPSA) is 70.8 Å². The zero-order valence-electron chi connectivity index (χ0n) is 14.2. The average molecular weight is 371 g/mol. The fraction of sp³-hybridized carbons (Fsp3) is 0.933. The van der Waals surface area contributed by atoms with E-state index in [-0.39, 0.29) is 42.9 Å². The first-order valence-electron chi connectivity index (χ1n) is 8.12. The van der Waals surface area contributed by atoms with Crippen molar-refractivity contribution in [3.63, 3.8) is 0 Å². The highest BCUT2D eigenvalue weighted by Crippen LogP contribution is 2.18. The number of likely N-dealkylation sites (tertiary alicyclic amines) is 1. The fourth-order valence-corrected chi connectivity index (χ4v) is 3.18. The van der Waals surface area contributed by atoms with Crippen molar-refractivity contribution in [1.82, 2.24) is 15.1 Å². The number of amides is 1. The van der Waals surface area contributed by atoms with Gasteiger partial charge in [0.15, 0.2) is 0 Å². The number of piperidine rings is 1. The Kier molecular flexibility index (Phi) is 11.4. The SMILES string of the molecule is CN(C)C1CCN(CCNC(=O)[C@@H]2CC[C@H](CN)O2)CC1.Cl.Cl. The summed E-state index contributed by atoms with van der Waals surface area (Å²) in [5, 5.41) is 2.99. The maximum Gasteiger partial charge on any atom is 0.249 e. The van der Waals surface area contributed by atoms with Gasteiger partial charge in [-0.25, -0.2) is 0 Å². The van der Waals surface area contributed by atoms with E-state index in [4.69, 9.17) is 10.5 Å². The van der Waals surface area contributed by atoms with Crippen LogP contribution in [-0.2, 0) is 9.53 Å². The average Bonchev–Trinajstić information content (AvgIpc) is 2.96. The van der Waals surface area contributed by atoms with Crippen LogP contribution in [0, 0.1) is 0 Å². The number of carbonyl (C=O) groups is 1. The van der Waals surface area contributed by atoms with Gasteiger partial charge in [0.1, 0.15) is 6.10 Å². The Morgan fingerprint density at radius 2 is 1.87 bits per heavy atom. The number of carbonyl (C=O) groups excluding carboxylic acids is 1. The van der Waals surface area contributed by atoms with E-state index < -0.39 is 0 Å². The molecule has 2 fully saturated rings. The molecule has 0 aromatic heterocycles. The predicted octanol–water partition coefficient (Wildman–Crippen LogP) is 0.479. The predicted molar refractivity (Wildman–Crippen MR) is 97.6 cm³/mol. The second-order valence-corrected chi connectivity index (χ2v) is 6.39. The van der Waals surface area contributed by atoms with E-state index in [0.29, 0.717) is 19.1 Å². The first-order valence-corrected chi connectivity index (χ1v) is 8.12. The largest absolute Gasteiger partial charge is 0.364 e. The molecule has 2 rings (SSSR count). The van der Waals surface area contributed by atoms with E-state index in [2.05, 4.69) is 29.2 Å². The molecular formula is C15H32Cl2N4O2. The van der Waals surface area contributed by atoms with Gasteiger partial charge in [-0.1, -0.05) is 0 Å². The number of hydrogen-bond donors (Lipinski definition) is 2. The molecule has 0 aromatic carbocycles. The standard InChI is InChI=1S/C15H30N4O2.2ClH/c1-18(2)12-5-8-19(9-6-12)10-7-17-15(20)14-4-3-13(11-16)21-14;;/h12-14H,3-11,16H2,1-2H3,(H,17,20);2*1H/t13-,14+;;/m1../s1.